The molecule has 0 aliphatic rings. The quantitative estimate of drug-likeness (QED) is 0.425. The van der Waals surface area contributed by atoms with Gasteiger partial charge in [0.25, 0.3) is 5.79 Å². The van der Waals surface area contributed by atoms with Crippen LogP contribution in [0.3, 0.4) is 0 Å². The number of nitrogens with one attached hydrogen (secondary N) is 1. The third-order valence-electron chi connectivity index (χ3n) is 2.95. The molecule has 0 fully saturated rings. The SMILES string of the molecule is COc1cc(C(O)(O)C(O)(O)NC(=O)OC(C)C)c(OC)cc1Br. The average molecular weight is 410 g/mol. The van der Waals surface area contributed by atoms with Crippen molar-refractivity contribution in [1.29, 1.82) is 0 Å². The fraction of sp³-hybridized carbons (Fsp3) is 0.500. The summed E-state index contributed by atoms with van der Waals surface area (Å²) >= 11 is 3.18. The van der Waals surface area contributed by atoms with Gasteiger partial charge in [-0.05, 0) is 41.9 Å². The van der Waals surface area contributed by atoms with Crippen LogP contribution in [0, 0.1) is 0 Å². The maximum absolute atomic E-state index is 11.5. The van der Waals surface area contributed by atoms with Gasteiger partial charge >= 0.3 is 12.0 Å². The first kappa shape index (κ1) is 20.5. The molecular formula is C14H20BrNO8. The topological polar surface area (TPSA) is 138 Å². The lowest BCUT2D eigenvalue weighted by Crippen LogP contribution is -2.63. The highest BCUT2D eigenvalue weighted by Gasteiger charge is 2.52. The minimum atomic E-state index is -3.48. The van der Waals surface area contributed by atoms with Crippen molar-refractivity contribution in [2.45, 2.75) is 31.6 Å². The van der Waals surface area contributed by atoms with E-state index in [0.717, 1.165) is 6.07 Å². The molecule has 0 unspecified atom stereocenters. The van der Waals surface area contributed by atoms with Crippen molar-refractivity contribution in [3.63, 3.8) is 0 Å². The highest BCUT2D eigenvalue weighted by atomic mass is 79.9. The number of amides is 1. The Morgan fingerprint density at radius 3 is 2.12 bits per heavy atom. The van der Waals surface area contributed by atoms with E-state index in [4.69, 9.17) is 9.47 Å². The predicted octanol–water partition coefficient (Wildman–Crippen LogP) is 0.377. The van der Waals surface area contributed by atoms with Crippen LogP contribution < -0.4 is 14.8 Å². The molecule has 0 saturated heterocycles. The summed E-state index contributed by atoms with van der Waals surface area (Å²) in [6.07, 6.45) is -1.82. The van der Waals surface area contributed by atoms with Crippen LogP contribution in [-0.4, -0.2) is 52.8 Å². The summed E-state index contributed by atoms with van der Waals surface area (Å²) in [5.41, 5.74) is -0.458. The van der Waals surface area contributed by atoms with Gasteiger partial charge in [-0.1, -0.05) is 0 Å². The van der Waals surface area contributed by atoms with Crippen molar-refractivity contribution in [1.82, 2.24) is 5.32 Å². The number of aliphatic hydroxyl groups is 4. The van der Waals surface area contributed by atoms with Crippen LogP contribution in [0.4, 0.5) is 4.79 Å². The predicted molar refractivity (Wildman–Crippen MR) is 85.3 cm³/mol. The van der Waals surface area contributed by atoms with Gasteiger partial charge in [-0.3, -0.25) is 5.32 Å². The third kappa shape index (κ3) is 4.28. The van der Waals surface area contributed by atoms with Gasteiger partial charge in [0.15, 0.2) is 0 Å². The van der Waals surface area contributed by atoms with Crippen LogP contribution in [0.1, 0.15) is 19.4 Å². The summed E-state index contributed by atoms with van der Waals surface area (Å²) < 4.78 is 15.1. The summed E-state index contributed by atoms with van der Waals surface area (Å²) in [5, 5.41) is 42.0. The van der Waals surface area contributed by atoms with Gasteiger partial charge in [0.05, 0.1) is 30.4 Å². The number of halogens is 1. The minimum absolute atomic E-state index is 0.0980. The van der Waals surface area contributed by atoms with Gasteiger partial charge in [0, 0.05) is 0 Å². The Labute approximate surface area is 146 Å². The number of carbonyl (C=O) groups excluding carboxylic acids is 1. The van der Waals surface area contributed by atoms with Crippen LogP contribution in [0.25, 0.3) is 0 Å². The number of ether oxygens (including phenoxy) is 3. The molecule has 0 aliphatic heterocycles. The normalized spacial score (nSPS) is 12.1. The smallest absolute Gasteiger partial charge is 0.411 e. The van der Waals surface area contributed by atoms with E-state index in [1.165, 1.54) is 34.1 Å². The van der Waals surface area contributed by atoms with Gasteiger partial charge in [-0.15, -0.1) is 0 Å². The second-order valence-electron chi connectivity index (χ2n) is 5.11. The fourth-order valence-electron chi connectivity index (χ4n) is 1.79. The standard InChI is InChI=1S/C14H20BrNO8/c1-7(2)24-12(17)16-14(20,21)13(18,19)8-5-11(23-4)9(15)6-10(8)22-3/h5-7,18-21H,1-4H3,(H,16,17). The molecule has 5 N–H and O–H groups in total. The number of benzene rings is 1. The Balaban J connectivity index is 3.28. The van der Waals surface area contributed by atoms with Gasteiger partial charge in [-0.2, -0.15) is 0 Å². The molecule has 1 aromatic carbocycles. The molecule has 0 aromatic heterocycles. The highest BCUT2D eigenvalue weighted by Crippen LogP contribution is 2.40. The van der Waals surface area contributed by atoms with Gasteiger partial charge < -0.3 is 34.6 Å². The lowest BCUT2D eigenvalue weighted by molar-refractivity contribution is -0.375. The number of hydrogen-bond donors (Lipinski definition) is 5. The zero-order chi connectivity index (χ0) is 18.7. The zero-order valence-corrected chi connectivity index (χ0v) is 15.1. The first-order valence-corrected chi connectivity index (χ1v) is 7.55. The molecule has 0 saturated carbocycles. The molecule has 0 radical (unpaired) electrons. The Hall–Kier alpha value is -1.59. The lowest BCUT2D eigenvalue weighted by atomic mass is 10.0. The molecule has 0 spiro atoms. The van der Waals surface area contributed by atoms with Crippen molar-refractivity contribution in [2.24, 2.45) is 0 Å². The van der Waals surface area contributed by atoms with Crippen molar-refractivity contribution in [3.05, 3.63) is 22.2 Å². The van der Waals surface area contributed by atoms with Gasteiger partial charge in [-0.25, -0.2) is 4.79 Å². The molecule has 0 bridgehead atoms. The summed E-state index contributed by atoms with van der Waals surface area (Å²) in [6.45, 7) is 3.06. The Bertz CT molecular complexity index is 603. The molecule has 10 heteroatoms. The molecule has 1 rings (SSSR count). The number of methoxy groups -OCH3 is 2. The van der Waals surface area contributed by atoms with E-state index in [1.807, 2.05) is 0 Å². The Kier molecular flexibility index (Phi) is 6.42. The average Bonchev–Trinajstić information content (AvgIpc) is 2.44. The largest absolute Gasteiger partial charge is 0.496 e. The van der Waals surface area contributed by atoms with Crippen LogP contribution in [-0.2, 0) is 10.5 Å². The van der Waals surface area contributed by atoms with Gasteiger partial charge in [0.1, 0.15) is 11.5 Å². The van der Waals surface area contributed by atoms with Crippen LogP contribution in [0.15, 0.2) is 16.6 Å². The summed E-state index contributed by atoms with van der Waals surface area (Å²) in [5.74, 6) is -6.76. The van der Waals surface area contributed by atoms with E-state index in [2.05, 4.69) is 20.7 Å². The molecule has 9 nitrogen and oxygen atoms in total. The number of carbonyl (C=O) groups is 1. The Morgan fingerprint density at radius 2 is 1.67 bits per heavy atom. The summed E-state index contributed by atoms with van der Waals surface area (Å²) in [4.78, 5) is 11.5. The van der Waals surface area contributed by atoms with E-state index < -0.39 is 29.5 Å². The molecule has 24 heavy (non-hydrogen) atoms. The summed E-state index contributed by atoms with van der Waals surface area (Å²) in [6, 6.07) is 2.44. The fourth-order valence-corrected chi connectivity index (χ4v) is 2.28. The number of rotatable bonds is 6. The first-order chi connectivity index (χ1) is 11.0. The number of alkyl carbamates (subject to hydrolysis) is 1. The van der Waals surface area contributed by atoms with Crippen LogP contribution >= 0.6 is 15.9 Å². The minimum Gasteiger partial charge on any atom is -0.496 e. The molecule has 0 atom stereocenters. The molecule has 1 aromatic rings. The highest BCUT2D eigenvalue weighted by molar-refractivity contribution is 9.10. The second kappa shape index (κ2) is 7.53. The second-order valence-corrected chi connectivity index (χ2v) is 5.96. The Morgan fingerprint density at radius 1 is 1.12 bits per heavy atom. The van der Waals surface area contributed by atoms with Crippen molar-refractivity contribution in [2.75, 3.05) is 14.2 Å². The summed E-state index contributed by atoms with van der Waals surface area (Å²) in [7, 11) is 2.57. The van der Waals surface area contributed by atoms with E-state index in [0.29, 0.717) is 4.47 Å². The van der Waals surface area contributed by atoms with Gasteiger partial charge in [0.2, 0.25) is 0 Å². The van der Waals surface area contributed by atoms with E-state index in [1.54, 1.807) is 5.32 Å². The van der Waals surface area contributed by atoms with Crippen molar-refractivity contribution >= 4 is 22.0 Å². The molecular weight excluding hydrogens is 390 g/mol. The molecule has 0 aliphatic carbocycles. The van der Waals surface area contributed by atoms with E-state index in [-0.39, 0.29) is 11.5 Å². The van der Waals surface area contributed by atoms with Crippen LogP contribution in [0.5, 0.6) is 11.5 Å². The van der Waals surface area contributed by atoms with Crippen LogP contribution in [0.2, 0.25) is 0 Å². The maximum atomic E-state index is 11.5. The third-order valence-corrected chi connectivity index (χ3v) is 3.57. The van der Waals surface area contributed by atoms with E-state index >= 15 is 0 Å². The van der Waals surface area contributed by atoms with Crippen molar-refractivity contribution < 1.29 is 39.4 Å². The zero-order valence-electron chi connectivity index (χ0n) is 13.5. The molecule has 0 heterocycles. The first-order valence-electron chi connectivity index (χ1n) is 6.76. The van der Waals surface area contributed by atoms with E-state index in [9.17, 15) is 25.2 Å². The molecule has 136 valence electrons. The maximum Gasteiger partial charge on any atom is 0.411 e. The lowest BCUT2D eigenvalue weighted by Gasteiger charge is -2.35. The molecule has 1 amide bonds. The monoisotopic (exact) mass is 409 g/mol. The van der Waals surface area contributed by atoms with Crippen molar-refractivity contribution in [3.8, 4) is 11.5 Å². The number of hydrogen-bond acceptors (Lipinski definition) is 8.